The highest BCUT2D eigenvalue weighted by Crippen LogP contribution is 2.25. The summed E-state index contributed by atoms with van der Waals surface area (Å²) in [5, 5.41) is -0.194. The van der Waals surface area contributed by atoms with E-state index in [-0.39, 0.29) is 17.8 Å². The highest BCUT2D eigenvalue weighted by atomic mass is 32.2. The molecule has 0 N–H and O–H groups in total. The van der Waals surface area contributed by atoms with E-state index in [1.54, 1.807) is 18.5 Å². The summed E-state index contributed by atoms with van der Waals surface area (Å²) in [4.78, 5) is 17.1. The number of benzene rings is 1. The Balaban J connectivity index is 1.73. The van der Waals surface area contributed by atoms with Crippen LogP contribution in [0.4, 0.5) is 0 Å². The minimum Gasteiger partial charge on any atom is -0.488 e. The Bertz CT molecular complexity index is 563. The number of rotatable bonds is 8. The molecule has 1 atom stereocenters. The van der Waals surface area contributed by atoms with E-state index in [4.69, 9.17) is 9.47 Å². The molecule has 0 fully saturated rings. The number of thioether (sulfide) groups is 1. The zero-order valence-corrected chi connectivity index (χ0v) is 13.3. The molecule has 0 amide bonds. The van der Waals surface area contributed by atoms with Gasteiger partial charge in [-0.2, -0.15) is 0 Å². The first-order chi connectivity index (χ1) is 10.8. The van der Waals surface area contributed by atoms with Crippen LogP contribution in [0.2, 0.25) is 0 Å². The lowest BCUT2D eigenvalue weighted by Crippen LogP contribution is -2.22. The van der Waals surface area contributed by atoms with Crippen molar-refractivity contribution in [1.29, 1.82) is 0 Å². The number of ether oxygens (including phenoxy) is 2. The predicted octanol–water partition coefficient (Wildman–Crippen LogP) is 3.57. The molecular weight excluding hydrogens is 298 g/mol. The Morgan fingerprint density at radius 3 is 2.68 bits per heavy atom. The first-order valence-electron chi connectivity index (χ1n) is 7.20. The van der Waals surface area contributed by atoms with Crippen molar-refractivity contribution in [2.75, 3.05) is 13.2 Å². The van der Waals surface area contributed by atoms with E-state index in [9.17, 15) is 4.79 Å². The smallest absolute Gasteiger partial charge is 0.319 e. The van der Waals surface area contributed by atoms with Crippen molar-refractivity contribution < 1.29 is 14.3 Å². The second-order valence-electron chi connectivity index (χ2n) is 4.53. The molecule has 0 aliphatic heterocycles. The van der Waals surface area contributed by atoms with Crippen LogP contribution in [0.25, 0.3) is 0 Å². The molecule has 0 bridgehead atoms. The molecular formula is C17H19NO3S. The monoisotopic (exact) mass is 317 g/mol. The van der Waals surface area contributed by atoms with Gasteiger partial charge in [0.05, 0.1) is 6.20 Å². The van der Waals surface area contributed by atoms with Gasteiger partial charge in [-0.25, -0.2) is 0 Å². The average molecular weight is 317 g/mol. The first-order valence-corrected chi connectivity index (χ1v) is 8.08. The summed E-state index contributed by atoms with van der Waals surface area (Å²) in [5.41, 5.74) is 0. The summed E-state index contributed by atoms with van der Waals surface area (Å²) in [5.74, 6) is 0.468. The van der Waals surface area contributed by atoms with E-state index in [0.717, 1.165) is 11.3 Å². The van der Waals surface area contributed by atoms with Gasteiger partial charge in [0.2, 0.25) is 0 Å². The van der Waals surface area contributed by atoms with Gasteiger partial charge in [-0.05, 0) is 30.7 Å². The van der Waals surface area contributed by atoms with E-state index in [1.807, 2.05) is 43.3 Å². The summed E-state index contributed by atoms with van der Waals surface area (Å²) in [6.45, 7) is 2.54. The SMILES string of the molecule is CCC(Sc1ccccc1)C(=O)OCCOc1cccnc1. The molecule has 2 aromatic rings. The van der Waals surface area contributed by atoms with Crippen molar-refractivity contribution in [3.63, 3.8) is 0 Å². The third-order valence-corrected chi connectivity index (χ3v) is 4.24. The Morgan fingerprint density at radius 2 is 2.00 bits per heavy atom. The summed E-state index contributed by atoms with van der Waals surface area (Å²) in [6.07, 6.45) is 4.03. The maximum absolute atomic E-state index is 12.1. The van der Waals surface area contributed by atoms with Gasteiger partial charge < -0.3 is 9.47 Å². The van der Waals surface area contributed by atoms with Crippen LogP contribution in [0.3, 0.4) is 0 Å². The Hall–Kier alpha value is -2.01. The lowest BCUT2D eigenvalue weighted by molar-refractivity contribution is -0.143. The fourth-order valence-corrected chi connectivity index (χ4v) is 2.76. The summed E-state index contributed by atoms with van der Waals surface area (Å²) < 4.78 is 10.7. The number of esters is 1. The molecule has 2 rings (SSSR count). The van der Waals surface area contributed by atoms with Crippen LogP contribution >= 0.6 is 11.8 Å². The molecule has 0 aliphatic carbocycles. The van der Waals surface area contributed by atoms with Gasteiger partial charge in [0.15, 0.2) is 0 Å². The van der Waals surface area contributed by atoms with E-state index in [0.29, 0.717) is 12.4 Å². The maximum Gasteiger partial charge on any atom is 0.319 e. The van der Waals surface area contributed by atoms with Crippen molar-refractivity contribution in [3.05, 3.63) is 54.9 Å². The van der Waals surface area contributed by atoms with Crippen molar-refractivity contribution in [3.8, 4) is 5.75 Å². The second kappa shape index (κ2) is 9.10. The van der Waals surface area contributed by atoms with Gasteiger partial charge in [0.1, 0.15) is 24.2 Å². The largest absolute Gasteiger partial charge is 0.488 e. The topological polar surface area (TPSA) is 48.4 Å². The quantitative estimate of drug-likeness (QED) is 0.423. The molecule has 1 aromatic heterocycles. The number of hydrogen-bond acceptors (Lipinski definition) is 5. The van der Waals surface area contributed by atoms with Crippen molar-refractivity contribution in [1.82, 2.24) is 4.98 Å². The minimum absolute atomic E-state index is 0.194. The Morgan fingerprint density at radius 1 is 1.18 bits per heavy atom. The van der Waals surface area contributed by atoms with Crippen molar-refractivity contribution in [2.45, 2.75) is 23.5 Å². The van der Waals surface area contributed by atoms with Crippen LogP contribution in [-0.4, -0.2) is 29.4 Å². The van der Waals surface area contributed by atoms with Gasteiger partial charge in [-0.3, -0.25) is 9.78 Å². The lowest BCUT2D eigenvalue weighted by Gasteiger charge is -2.14. The van der Waals surface area contributed by atoms with Gasteiger partial charge >= 0.3 is 5.97 Å². The van der Waals surface area contributed by atoms with Crippen molar-refractivity contribution >= 4 is 17.7 Å². The molecule has 0 saturated carbocycles. The molecule has 0 saturated heterocycles. The second-order valence-corrected chi connectivity index (χ2v) is 5.81. The third-order valence-electron chi connectivity index (χ3n) is 2.89. The zero-order chi connectivity index (χ0) is 15.6. The molecule has 5 heteroatoms. The number of pyridine rings is 1. The predicted molar refractivity (Wildman–Crippen MR) is 87.1 cm³/mol. The fourth-order valence-electron chi connectivity index (χ4n) is 1.79. The van der Waals surface area contributed by atoms with E-state index < -0.39 is 0 Å². The van der Waals surface area contributed by atoms with Crippen LogP contribution in [0, 0.1) is 0 Å². The normalized spacial score (nSPS) is 11.7. The number of hydrogen-bond donors (Lipinski definition) is 0. The van der Waals surface area contributed by atoms with E-state index in [2.05, 4.69) is 4.98 Å². The van der Waals surface area contributed by atoms with E-state index >= 15 is 0 Å². The molecule has 1 aromatic carbocycles. The van der Waals surface area contributed by atoms with Gasteiger partial charge in [-0.15, -0.1) is 11.8 Å². The molecule has 0 aliphatic rings. The summed E-state index contributed by atoms with van der Waals surface area (Å²) >= 11 is 1.53. The van der Waals surface area contributed by atoms with Gasteiger partial charge in [0, 0.05) is 11.1 Å². The molecule has 22 heavy (non-hydrogen) atoms. The molecule has 1 heterocycles. The highest BCUT2D eigenvalue weighted by molar-refractivity contribution is 8.00. The Kier molecular flexibility index (Phi) is 6.77. The Labute approximate surface area is 134 Å². The third kappa shape index (κ3) is 5.41. The number of carbonyl (C=O) groups excluding carboxylic acids is 1. The molecule has 1 unspecified atom stereocenters. The average Bonchev–Trinajstić information content (AvgIpc) is 2.58. The molecule has 0 spiro atoms. The van der Waals surface area contributed by atoms with Crippen LogP contribution < -0.4 is 4.74 Å². The summed E-state index contributed by atoms with van der Waals surface area (Å²) in [7, 11) is 0. The van der Waals surface area contributed by atoms with Crippen LogP contribution in [0.15, 0.2) is 59.8 Å². The lowest BCUT2D eigenvalue weighted by atomic mass is 10.3. The van der Waals surface area contributed by atoms with Crippen LogP contribution in [-0.2, 0) is 9.53 Å². The van der Waals surface area contributed by atoms with E-state index in [1.165, 1.54) is 11.8 Å². The number of nitrogens with zero attached hydrogens (tertiary/aromatic N) is 1. The first kappa shape index (κ1) is 16.4. The minimum atomic E-state index is -0.203. The fraction of sp³-hybridized carbons (Fsp3) is 0.294. The van der Waals surface area contributed by atoms with Crippen LogP contribution in [0.1, 0.15) is 13.3 Å². The maximum atomic E-state index is 12.1. The zero-order valence-electron chi connectivity index (χ0n) is 12.5. The molecule has 0 radical (unpaired) electrons. The van der Waals surface area contributed by atoms with Gasteiger partial charge in [-0.1, -0.05) is 25.1 Å². The molecule has 116 valence electrons. The van der Waals surface area contributed by atoms with Crippen LogP contribution in [0.5, 0.6) is 5.75 Å². The molecule has 4 nitrogen and oxygen atoms in total. The number of aromatic nitrogens is 1. The van der Waals surface area contributed by atoms with Crippen molar-refractivity contribution in [2.24, 2.45) is 0 Å². The van der Waals surface area contributed by atoms with Gasteiger partial charge in [0.25, 0.3) is 0 Å². The number of carbonyl (C=O) groups is 1. The summed E-state index contributed by atoms with van der Waals surface area (Å²) in [6, 6.07) is 13.5. The highest BCUT2D eigenvalue weighted by Gasteiger charge is 2.19. The standard InChI is InChI=1S/C17H19NO3S/c1-2-16(22-15-8-4-3-5-9-15)17(19)21-12-11-20-14-7-6-10-18-13-14/h3-10,13,16H,2,11-12H2,1H3.